The van der Waals surface area contributed by atoms with Crippen molar-refractivity contribution in [1.29, 1.82) is 0 Å². The van der Waals surface area contributed by atoms with E-state index in [1.165, 1.54) is 0 Å². The van der Waals surface area contributed by atoms with Gasteiger partial charge in [0.05, 0.1) is 0 Å². The highest BCUT2D eigenvalue weighted by Gasteiger charge is 2.05. The minimum Gasteiger partial charge on any atom is -0.329 e. The number of carbonyl (C=O) groups excluding carboxylic acids is 1. The molecule has 0 radical (unpaired) electrons. The van der Waals surface area contributed by atoms with Crippen molar-refractivity contribution in [2.45, 2.75) is 18.6 Å². The highest BCUT2D eigenvalue weighted by atomic mass is 35.5. The van der Waals surface area contributed by atoms with Crippen molar-refractivity contribution in [3.63, 3.8) is 0 Å². The van der Waals surface area contributed by atoms with E-state index in [9.17, 15) is 4.79 Å². The number of amides is 1. The molecule has 17 heavy (non-hydrogen) atoms. The Labute approximate surface area is 111 Å². The van der Waals surface area contributed by atoms with Gasteiger partial charge < -0.3 is 11.1 Å². The summed E-state index contributed by atoms with van der Waals surface area (Å²) in [6.07, 6.45) is 0.488. The van der Waals surface area contributed by atoms with E-state index < -0.39 is 0 Å². The topological polar surface area (TPSA) is 55.1 Å². The van der Waals surface area contributed by atoms with E-state index in [-0.39, 0.29) is 5.91 Å². The highest BCUT2D eigenvalue weighted by molar-refractivity contribution is 7.99. The molecule has 5 heteroatoms. The summed E-state index contributed by atoms with van der Waals surface area (Å²) in [4.78, 5) is 11.6. The predicted molar refractivity (Wildman–Crippen MR) is 75.7 cm³/mol. The van der Waals surface area contributed by atoms with Crippen molar-refractivity contribution >= 4 is 35.0 Å². The molecule has 1 aromatic rings. The van der Waals surface area contributed by atoms with Crippen molar-refractivity contribution in [1.82, 2.24) is 0 Å². The minimum atomic E-state index is 0.00369. The van der Waals surface area contributed by atoms with E-state index in [2.05, 4.69) is 12.2 Å². The van der Waals surface area contributed by atoms with Gasteiger partial charge in [0.2, 0.25) is 5.91 Å². The van der Waals surface area contributed by atoms with Crippen LogP contribution in [0.2, 0.25) is 5.02 Å². The molecule has 0 aromatic heterocycles. The van der Waals surface area contributed by atoms with Crippen molar-refractivity contribution in [2.75, 3.05) is 17.6 Å². The molecule has 3 nitrogen and oxygen atoms in total. The smallest absolute Gasteiger partial charge is 0.225 e. The first-order valence-electron chi connectivity index (χ1n) is 5.49. The molecule has 0 saturated carbocycles. The first-order chi connectivity index (χ1) is 8.11. The van der Waals surface area contributed by atoms with Crippen LogP contribution in [0.3, 0.4) is 0 Å². The van der Waals surface area contributed by atoms with E-state index in [1.54, 1.807) is 23.9 Å². The molecule has 1 unspecified atom stereocenters. The van der Waals surface area contributed by atoms with Gasteiger partial charge in [-0.15, -0.1) is 0 Å². The number of halogens is 1. The van der Waals surface area contributed by atoms with Gasteiger partial charge in [-0.05, 0) is 18.2 Å². The first-order valence-corrected chi connectivity index (χ1v) is 6.91. The fourth-order valence-corrected chi connectivity index (χ4v) is 2.24. The van der Waals surface area contributed by atoms with Crippen molar-refractivity contribution < 1.29 is 4.79 Å². The van der Waals surface area contributed by atoms with Crippen LogP contribution in [0.25, 0.3) is 0 Å². The van der Waals surface area contributed by atoms with Crippen molar-refractivity contribution in [3.8, 4) is 0 Å². The third-order valence-corrected chi connectivity index (χ3v) is 3.61. The van der Waals surface area contributed by atoms with Crippen molar-refractivity contribution in [2.24, 2.45) is 5.73 Å². The summed E-state index contributed by atoms with van der Waals surface area (Å²) < 4.78 is 0. The normalized spacial score (nSPS) is 12.2. The quantitative estimate of drug-likeness (QED) is 0.837. The van der Waals surface area contributed by atoms with Crippen LogP contribution in [0, 0.1) is 0 Å². The van der Waals surface area contributed by atoms with Gasteiger partial charge in [-0.2, -0.15) is 11.8 Å². The third kappa shape index (κ3) is 5.96. The highest BCUT2D eigenvalue weighted by Crippen LogP contribution is 2.16. The number of hydrogen-bond donors (Lipinski definition) is 2. The number of thioether (sulfide) groups is 1. The maximum Gasteiger partial charge on any atom is 0.225 e. The third-order valence-electron chi connectivity index (χ3n) is 2.17. The van der Waals surface area contributed by atoms with E-state index in [1.807, 2.05) is 12.1 Å². The number of benzene rings is 1. The largest absolute Gasteiger partial charge is 0.329 e. The number of anilines is 1. The Morgan fingerprint density at radius 1 is 1.59 bits per heavy atom. The zero-order chi connectivity index (χ0) is 12.7. The van der Waals surface area contributed by atoms with Crippen LogP contribution in [0.5, 0.6) is 0 Å². The molecular weight excluding hydrogens is 256 g/mol. The van der Waals surface area contributed by atoms with Gasteiger partial charge >= 0.3 is 0 Å². The lowest BCUT2D eigenvalue weighted by atomic mass is 10.3. The molecule has 0 fully saturated rings. The Hall–Kier alpha value is -0.710. The van der Waals surface area contributed by atoms with E-state index in [0.717, 1.165) is 11.4 Å². The van der Waals surface area contributed by atoms with Gasteiger partial charge in [-0.1, -0.05) is 24.6 Å². The lowest BCUT2D eigenvalue weighted by molar-refractivity contribution is -0.115. The number of nitrogens with two attached hydrogens (primary N) is 1. The van der Waals surface area contributed by atoms with Gasteiger partial charge in [0, 0.05) is 34.7 Å². The van der Waals surface area contributed by atoms with Crippen LogP contribution >= 0.6 is 23.4 Å². The summed E-state index contributed by atoms with van der Waals surface area (Å²) in [5.74, 6) is 0.786. The monoisotopic (exact) mass is 272 g/mol. The predicted octanol–water partition coefficient (Wildman–Crippen LogP) is 2.75. The first kappa shape index (κ1) is 14.4. The van der Waals surface area contributed by atoms with Crippen LogP contribution in [0.15, 0.2) is 24.3 Å². The Bertz CT molecular complexity index is 373. The molecule has 0 bridgehead atoms. The Balaban J connectivity index is 2.30. The maximum atomic E-state index is 11.6. The zero-order valence-corrected chi connectivity index (χ0v) is 11.4. The number of hydrogen-bond acceptors (Lipinski definition) is 3. The van der Waals surface area contributed by atoms with Crippen LogP contribution in [0.4, 0.5) is 5.69 Å². The lowest BCUT2D eigenvalue weighted by Gasteiger charge is -2.08. The molecule has 0 aliphatic carbocycles. The average molecular weight is 273 g/mol. The second-order valence-electron chi connectivity index (χ2n) is 3.73. The van der Waals surface area contributed by atoms with E-state index >= 15 is 0 Å². The average Bonchev–Trinajstić information content (AvgIpc) is 2.28. The van der Waals surface area contributed by atoms with Crippen LogP contribution in [0.1, 0.15) is 13.3 Å². The molecule has 0 heterocycles. The lowest BCUT2D eigenvalue weighted by Crippen LogP contribution is -2.16. The molecule has 0 aliphatic heterocycles. The van der Waals surface area contributed by atoms with Crippen LogP contribution in [-0.4, -0.2) is 23.5 Å². The van der Waals surface area contributed by atoms with Gasteiger partial charge in [0.1, 0.15) is 0 Å². The summed E-state index contributed by atoms with van der Waals surface area (Å²) in [6.45, 7) is 2.69. The Morgan fingerprint density at radius 3 is 3.00 bits per heavy atom. The molecule has 94 valence electrons. The summed E-state index contributed by atoms with van der Waals surface area (Å²) in [7, 11) is 0. The summed E-state index contributed by atoms with van der Waals surface area (Å²) in [5.41, 5.74) is 6.23. The molecule has 1 aromatic carbocycles. The second kappa shape index (κ2) is 7.58. The van der Waals surface area contributed by atoms with E-state index in [0.29, 0.717) is 23.2 Å². The van der Waals surface area contributed by atoms with Gasteiger partial charge in [0.25, 0.3) is 0 Å². The molecule has 0 saturated heterocycles. The fourth-order valence-electron chi connectivity index (χ4n) is 1.21. The Kier molecular flexibility index (Phi) is 6.40. The van der Waals surface area contributed by atoms with Crippen molar-refractivity contribution in [3.05, 3.63) is 29.3 Å². The zero-order valence-electron chi connectivity index (χ0n) is 9.78. The van der Waals surface area contributed by atoms with Gasteiger partial charge in [-0.3, -0.25) is 4.79 Å². The molecule has 1 rings (SSSR count). The molecule has 3 N–H and O–H groups in total. The fraction of sp³-hybridized carbons (Fsp3) is 0.417. The molecule has 0 aliphatic rings. The van der Waals surface area contributed by atoms with Crippen LogP contribution < -0.4 is 11.1 Å². The molecular formula is C12H17ClN2OS. The molecule has 1 atom stereocenters. The van der Waals surface area contributed by atoms with Gasteiger partial charge in [0.15, 0.2) is 0 Å². The molecule has 0 spiro atoms. The minimum absolute atomic E-state index is 0.00369. The number of carbonyl (C=O) groups is 1. The summed E-state index contributed by atoms with van der Waals surface area (Å²) in [6, 6.07) is 7.13. The molecule has 1 amide bonds. The summed E-state index contributed by atoms with van der Waals surface area (Å²) in [5, 5.41) is 3.82. The number of rotatable bonds is 6. The van der Waals surface area contributed by atoms with Crippen LogP contribution in [-0.2, 0) is 4.79 Å². The standard InChI is InChI=1S/C12H17ClN2OS/c1-9(8-14)17-6-5-12(16)15-11-4-2-3-10(13)7-11/h2-4,7,9H,5-6,8,14H2,1H3,(H,15,16). The summed E-state index contributed by atoms with van der Waals surface area (Å²) >= 11 is 7.53. The van der Waals surface area contributed by atoms with E-state index in [4.69, 9.17) is 17.3 Å². The maximum absolute atomic E-state index is 11.6. The Morgan fingerprint density at radius 2 is 2.35 bits per heavy atom. The van der Waals surface area contributed by atoms with Gasteiger partial charge in [-0.25, -0.2) is 0 Å². The SMILES string of the molecule is CC(CN)SCCC(=O)Nc1cccc(Cl)c1. The second-order valence-corrected chi connectivity index (χ2v) is 5.71. The number of nitrogens with one attached hydrogen (secondary N) is 1.